The lowest BCUT2D eigenvalue weighted by atomic mass is 10.2. The second-order valence-electron chi connectivity index (χ2n) is 5.65. The Morgan fingerprint density at radius 1 is 1.19 bits per heavy atom. The maximum atomic E-state index is 13.0. The average Bonchev–Trinajstić information content (AvgIpc) is 2.91. The van der Waals surface area contributed by atoms with Gasteiger partial charge in [-0.25, -0.2) is 4.39 Å². The fourth-order valence-electron chi connectivity index (χ4n) is 2.42. The second kappa shape index (κ2) is 8.37. The molecule has 2 aromatic rings. The van der Waals surface area contributed by atoms with Crippen molar-refractivity contribution in [3.05, 3.63) is 75.4 Å². The predicted molar refractivity (Wildman–Crippen MR) is 103 cm³/mol. The van der Waals surface area contributed by atoms with Gasteiger partial charge in [0.2, 0.25) is 0 Å². The van der Waals surface area contributed by atoms with Crippen molar-refractivity contribution in [2.75, 3.05) is 13.1 Å². The number of hydrogen-bond donors (Lipinski definition) is 1. The van der Waals surface area contributed by atoms with Gasteiger partial charge >= 0.3 is 0 Å². The Kier molecular flexibility index (Phi) is 5.93. The summed E-state index contributed by atoms with van der Waals surface area (Å²) in [6.45, 7) is 0.172. The molecule has 0 aliphatic carbocycles. The van der Waals surface area contributed by atoms with Gasteiger partial charge < -0.3 is 5.32 Å². The van der Waals surface area contributed by atoms with Crippen LogP contribution in [0.25, 0.3) is 6.08 Å². The Morgan fingerprint density at radius 2 is 1.93 bits per heavy atom. The van der Waals surface area contributed by atoms with Gasteiger partial charge in [0.05, 0.1) is 4.91 Å². The lowest BCUT2D eigenvalue weighted by molar-refractivity contribution is -0.122. The van der Waals surface area contributed by atoms with Crippen LogP contribution in [-0.4, -0.2) is 35.0 Å². The molecule has 0 unspecified atom stereocenters. The van der Waals surface area contributed by atoms with Crippen LogP contribution in [0.4, 0.5) is 9.18 Å². The highest BCUT2D eigenvalue weighted by atomic mass is 35.5. The van der Waals surface area contributed by atoms with Crippen LogP contribution >= 0.6 is 23.4 Å². The molecule has 0 radical (unpaired) electrons. The SMILES string of the molecule is O=C(NCCN1C(=O)SC(=Cc2ccc(F)cc2)C1=O)c1cccc(Cl)c1. The predicted octanol–water partition coefficient (Wildman–Crippen LogP) is 3.95. The highest BCUT2D eigenvalue weighted by Crippen LogP contribution is 2.31. The number of amides is 3. The fraction of sp³-hybridized carbons (Fsp3) is 0.105. The molecule has 1 aliphatic rings. The first-order chi connectivity index (χ1) is 12.9. The number of imide groups is 1. The minimum atomic E-state index is -0.439. The van der Waals surface area contributed by atoms with Crippen molar-refractivity contribution in [1.29, 1.82) is 0 Å². The summed E-state index contributed by atoms with van der Waals surface area (Å²) < 4.78 is 13.0. The molecule has 3 rings (SSSR count). The molecule has 27 heavy (non-hydrogen) atoms. The van der Waals surface area contributed by atoms with Gasteiger partial charge in [0.25, 0.3) is 17.1 Å². The van der Waals surface area contributed by atoms with Gasteiger partial charge in [0.15, 0.2) is 0 Å². The van der Waals surface area contributed by atoms with Crippen LogP contribution in [0.3, 0.4) is 0 Å². The van der Waals surface area contributed by atoms with Gasteiger partial charge in [-0.15, -0.1) is 0 Å². The number of nitrogens with zero attached hydrogens (tertiary/aromatic N) is 1. The number of hydrogen-bond acceptors (Lipinski definition) is 4. The molecule has 1 fully saturated rings. The number of benzene rings is 2. The summed E-state index contributed by atoms with van der Waals surface area (Å²) in [5.74, 6) is -1.16. The number of carbonyl (C=O) groups excluding carboxylic acids is 3. The Bertz CT molecular complexity index is 931. The molecule has 0 spiro atoms. The number of halogens is 2. The highest BCUT2D eigenvalue weighted by molar-refractivity contribution is 8.18. The average molecular weight is 405 g/mol. The molecule has 1 heterocycles. The van der Waals surface area contributed by atoms with Gasteiger partial charge in [-0.3, -0.25) is 19.3 Å². The van der Waals surface area contributed by atoms with Crippen molar-refractivity contribution in [1.82, 2.24) is 10.2 Å². The van der Waals surface area contributed by atoms with Crippen LogP contribution in [0.1, 0.15) is 15.9 Å². The molecular weight excluding hydrogens is 391 g/mol. The van der Waals surface area contributed by atoms with Crippen LogP contribution in [0.2, 0.25) is 5.02 Å². The van der Waals surface area contributed by atoms with Gasteiger partial charge in [-0.05, 0) is 53.7 Å². The van der Waals surface area contributed by atoms with E-state index in [1.165, 1.54) is 36.4 Å². The van der Waals surface area contributed by atoms with Gasteiger partial charge in [-0.1, -0.05) is 29.8 Å². The van der Waals surface area contributed by atoms with E-state index in [4.69, 9.17) is 11.6 Å². The van der Waals surface area contributed by atoms with Crippen molar-refractivity contribution in [2.24, 2.45) is 0 Å². The zero-order valence-electron chi connectivity index (χ0n) is 13.9. The smallest absolute Gasteiger partial charge is 0.293 e. The summed E-state index contributed by atoms with van der Waals surface area (Å²) in [5.41, 5.74) is 1.02. The summed E-state index contributed by atoms with van der Waals surface area (Å²) in [4.78, 5) is 37.8. The van der Waals surface area contributed by atoms with Crippen molar-refractivity contribution >= 4 is 46.5 Å². The van der Waals surface area contributed by atoms with Crippen LogP contribution in [0.15, 0.2) is 53.4 Å². The number of thioether (sulfide) groups is 1. The van der Waals surface area contributed by atoms with Crippen LogP contribution in [0, 0.1) is 5.82 Å². The van der Waals surface area contributed by atoms with Gasteiger partial charge in [0, 0.05) is 23.7 Å². The third-order valence-corrected chi connectivity index (χ3v) is 4.89. The first-order valence-corrected chi connectivity index (χ1v) is 9.18. The van der Waals surface area contributed by atoms with E-state index in [9.17, 15) is 18.8 Å². The van der Waals surface area contributed by atoms with E-state index in [1.807, 2.05) is 0 Å². The van der Waals surface area contributed by atoms with Crippen molar-refractivity contribution in [3.8, 4) is 0 Å². The lowest BCUT2D eigenvalue weighted by Gasteiger charge is -2.13. The van der Waals surface area contributed by atoms with E-state index >= 15 is 0 Å². The van der Waals surface area contributed by atoms with Crippen molar-refractivity contribution in [3.63, 3.8) is 0 Å². The second-order valence-corrected chi connectivity index (χ2v) is 7.08. The molecule has 1 aliphatic heterocycles. The van der Waals surface area contributed by atoms with Gasteiger partial charge in [0.1, 0.15) is 5.82 Å². The van der Waals surface area contributed by atoms with E-state index in [2.05, 4.69) is 5.32 Å². The zero-order valence-corrected chi connectivity index (χ0v) is 15.5. The fourth-order valence-corrected chi connectivity index (χ4v) is 3.47. The van der Waals surface area contributed by atoms with E-state index < -0.39 is 11.1 Å². The minimum absolute atomic E-state index is 0.0533. The Labute approximate surface area is 164 Å². The first kappa shape index (κ1) is 19.1. The van der Waals surface area contributed by atoms with E-state index in [0.717, 1.165) is 16.7 Å². The Balaban J connectivity index is 1.59. The zero-order chi connectivity index (χ0) is 19.4. The molecule has 3 amide bonds. The Morgan fingerprint density at radius 3 is 2.63 bits per heavy atom. The lowest BCUT2D eigenvalue weighted by Crippen LogP contribution is -2.37. The van der Waals surface area contributed by atoms with Crippen molar-refractivity contribution in [2.45, 2.75) is 0 Å². The normalized spacial score (nSPS) is 15.5. The number of rotatable bonds is 5. The summed E-state index contributed by atoms with van der Waals surface area (Å²) in [7, 11) is 0. The van der Waals surface area contributed by atoms with Gasteiger partial charge in [-0.2, -0.15) is 0 Å². The molecule has 0 aromatic heterocycles. The first-order valence-electron chi connectivity index (χ1n) is 7.99. The summed E-state index contributed by atoms with van der Waals surface area (Å²) in [6.07, 6.45) is 1.54. The molecule has 0 bridgehead atoms. The number of carbonyl (C=O) groups is 3. The van der Waals surface area contributed by atoms with Crippen molar-refractivity contribution < 1.29 is 18.8 Å². The molecule has 1 saturated heterocycles. The molecule has 8 heteroatoms. The molecule has 0 atom stereocenters. The van der Waals surface area contributed by atoms with E-state index in [-0.39, 0.29) is 29.7 Å². The van der Waals surface area contributed by atoms with E-state index in [0.29, 0.717) is 16.1 Å². The topological polar surface area (TPSA) is 66.5 Å². The van der Waals surface area contributed by atoms with Crippen LogP contribution < -0.4 is 5.32 Å². The monoisotopic (exact) mass is 404 g/mol. The Hall–Kier alpha value is -2.64. The largest absolute Gasteiger partial charge is 0.350 e. The van der Waals surface area contributed by atoms with E-state index in [1.54, 1.807) is 18.2 Å². The molecule has 138 valence electrons. The summed E-state index contributed by atoms with van der Waals surface area (Å²) in [6, 6.07) is 12.1. The quantitative estimate of drug-likeness (QED) is 0.766. The molecule has 2 aromatic carbocycles. The standard InChI is InChI=1S/C19H14ClFN2O3S/c20-14-3-1-2-13(11-14)17(24)22-8-9-23-18(25)16(27-19(23)26)10-12-4-6-15(21)7-5-12/h1-7,10-11H,8-9H2,(H,22,24). The molecule has 0 saturated carbocycles. The third kappa shape index (κ3) is 4.75. The summed E-state index contributed by atoms with van der Waals surface area (Å²) in [5, 5.41) is 2.68. The molecular formula is C19H14ClFN2O3S. The highest BCUT2D eigenvalue weighted by Gasteiger charge is 2.34. The maximum absolute atomic E-state index is 13.0. The van der Waals surface area contributed by atoms with Crippen LogP contribution in [0.5, 0.6) is 0 Å². The third-order valence-electron chi connectivity index (χ3n) is 3.75. The summed E-state index contributed by atoms with van der Waals surface area (Å²) >= 11 is 6.66. The minimum Gasteiger partial charge on any atom is -0.350 e. The molecule has 1 N–H and O–H groups in total. The number of nitrogens with one attached hydrogen (secondary N) is 1. The molecule has 5 nitrogen and oxygen atoms in total. The maximum Gasteiger partial charge on any atom is 0.293 e. The van der Waals surface area contributed by atoms with Crippen LogP contribution in [-0.2, 0) is 4.79 Å².